The predicted molar refractivity (Wildman–Crippen MR) is 75.0 cm³/mol. The van der Waals surface area contributed by atoms with Crippen LogP contribution in [0.15, 0.2) is 24.3 Å². The van der Waals surface area contributed by atoms with E-state index in [4.69, 9.17) is 9.47 Å². The maximum atomic E-state index is 13.4. The molecule has 2 atom stereocenters. The highest BCUT2D eigenvalue weighted by atomic mass is 19.1. The molecule has 22 heavy (non-hydrogen) atoms. The minimum Gasteiger partial charge on any atom is -0.481 e. The van der Waals surface area contributed by atoms with Crippen LogP contribution in [-0.2, 0) is 14.3 Å². The molecule has 1 fully saturated rings. The third-order valence-electron chi connectivity index (χ3n) is 3.44. The second-order valence-electron chi connectivity index (χ2n) is 5.08. The van der Waals surface area contributed by atoms with E-state index in [0.29, 0.717) is 19.6 Å². The number of carbonyl (C=O) groups excluding carboxylic acids is 1. The lowest BCUT2D eigenvalue weighted by Crippen LogP contribution is -2.49. The van der Waals surface area contributed by atoms with Gasteiger partial charge in [0.05, 0.1) is 6.61 Å². The van der Waals surface area contributed by atoms with Gasteiger partial charge in [-0.25, -0.2) is 9.18 Å². The molecule has 0 spiro atoms. The summed E-state index contributed by atoms with van der Waals surface area (Å²) in [7, 11) is 0. The van der Waals surface area contributed by atoms with Gasteiger partial charge in [-0.1, -0.05) is 12.1 Å². The van der Waals surface area contributed by atoms with Gasteiger partial charge in [0.2, 0.25) is 0 Å². The lowest BCUT2D eigenvalue weighted by Gasteiger charge is -2.28. The van der Waals surface area contributed by atoms with Crippen molar-refractivity contribution in [3.63, 3.8) is 0 Å². The molecule has 0 radical (unpaired) electrons. The number of para-hydroxylation sites is 1. The van der Waals surface area contributed by atoms with Crippen LogP contribution in [0.2, 0.25) is 0 Å². The first-order chi connectivity index (χ1) is 10.6. The molecule has 1 heterocycles. The van der Waals surface area contributed by atoms with E-state index in [1.807, 2.05) is 0 Å². The van der Waals surface area contributed by atoms with Crippen LogP contribution in [0.25, 0.3) is 0 Å². The molecule has 6 nitrogen and oxygen atoms in total. The number of nitrogens with one attached hydrogen (secondary N) is 1. The number of carboxylic acid groups (broad SMARTS) is 1. The van der Waals surface area contributed by atoms with Gasteiger partial charge in [0.15, 0.2) is 18.2 Å². The van der Waals surface area contributed by atoms with Crippen LogP contribution in [-0.4, -0.2) is 42.8 Å². The van der Waals surface area contributed by atoms with E-state index in [2.05, 4.69) is 5.32 Å². The van der Waals surface area contributed by atoms with Crippen molar-refractivity contribution in [3.8, 4) is 5.75 Å². The van der Waals surface area contributed by atoms with E-state index in [0.717, 1.165) is 6.42 Å². The summed E-state index contributed by atoms with van der Waals surface area (Å²) in [5.41, 5.74) is 0. The van der Waals surface area contributed by atoms with Gasteiger partial charge in [0.1, 0.15) is 6.04 Å². The van der Waals surface area contributed by atoms with Crippen LogP contribution in [0.4, 0.5) is 4.39 Å². The van der Waals surface area contributed by atoms with E-state index < -0.39 is 30.3 Å². The van der Waals surface area contributed by atoms with E-state index in [-0.39, 0.29) is 11.7 Å². The highest BCUT2D eigenvalue weighted by Gasteiger charge is 2.31. The fourth-order valence-corrected chi connectivity index (χ4v) is 2.33. The third-order valence-corrected chi connectivity index (χ3v) is 3.44. The molecule has 2 rings (SSSR count). The van der Waals surface area contributed by atoms with Crippen LogP contribution in [0.5, 0.6) is 5.75 Å². The Hall–Kier alpha value is -2.15. The van der Waals surface area contributed by atoms with Gasteiger partial charge in [-0.2, -0.15) is 0 Å². The van der Waals surface area contributed by atoms with Crippen LogP contribution < -0.4 is 10.1 Å². The Morgan fingerprint density at radius 1 is 1.45 bits per heavy atom. The molecule has 0 saturated carbocycles. The van der Waals surface area contributed by atoms with Gasteiger partial charge in [0, 0.05) is 12.5 Å². The molecule has 2 unspecified atom stereocenters. The number of aliphatic carboxylic acids is 1. The third kappa shape index (κ3) is 4.42. The fourth-order valence-electron chi connectivity index (χ4n) is 2.33. The Balaban J connectivity index is 1.88. The van der Waals surface area contributed by atoms with Crippen molar-refractivity contribution in [3.05, 3.63) is 30.1 Å². The minimum absolute atomic E-state index is 0.0504. The van der Waals surface area contributed by atoms with E-state index in [1.54, 1.807) is 6.07 Å². The summed E-state index contributed by atoms with van der Waals surface area (Å²) in [5.74, 6) is -2.63. The maximum absolute atomic E-state index is 13.4. The standard InChI is InChI=1S/C15H18FNO5/c16-11-5-1-2-6-12(11)22-9-13(18)17-14(15(19)20)10-4-3-7-21-8-10/h1-2,5-6,10,14H,3-4,7-9H2,(H,17,18)(H,19,20). The molecule has 1 aliphatic rings. The molecular formula is C15H18FNO5. The van der Waals surface area contributed by atoms with Crippen molar-refractivity contribution in [2.75, 3.05) is 19.8 Å². The maximum Gasteiger partial charge on any atom is 0.326 e. The average molecular weight is 311 g/mol. The van der Waals surface area contributed by atoms with E-state index in [9.17, 15) is 19.1 Å². The molecule has 1 aliphatic heterocycles. The number of benzene rings is 1. The number of hydrogen-bond acceptors (Lipinski definition) is 4. The fraction of sp³-hybridized carbons (Fsp3) is 0.467. The zero-order valence-electron chi connectivity index (χ0n) is 12.0. The number of rotatable bonds is 6. The number of carboxylic acids is 1. The molecule has 0 aromatic heterocycles. The second-order valence-corrected chi connectivity index (χ2v) is 5.08. The predicted octanol–water partition coefficient (Wildman–Crippen LogP) is 1.20. The normalized spacial score (nSPS) is 19.2. The molecule has 7 heteroatoms. The van der Waals surface area contributed by atoms with E-state index in [1.165, 1.54) is 18.2 Å². The molecule has 0 aliphatic carbocycles. The second kappa shape index (κ2) is 7.74. The molecule has 1 aromatic carbocycles. The summed E-state index contributed by atoms with van der Waals surface area (Å²) in [6.07, 6.45) is 1.43. The van der Waals surface area contributed by atoms with Crippen LogP contribution in [0, 0.1) is 11.7 Å². The van der Waals surface area contributed by atoms with Crippen molar-refractivity contribution >= 4 is 11.9 Å². The minimum atomic E-state index is -1.12. The quantitative estimate of drug-likeness (QED) is 0.824. The lowest BCUT2D eigenvalue weighted by atomic mass is 9.94. The lowest BCUT2D eigenvalue weighted by molar-refractivity contribution is -0.145. The first-order valence-corrected chi connectivity index (χ1v) is 7.05. The number of hydrogen-bond donors (Lipinski definition) is 2. The van der Waals surface area contributed by atoms with Gasteiger partial charge in [-0.15, -0.1) is 0 Å². The number of halogens is 1. The summed E-state index contributed by atoms with van der Waals surface area (Å²) in [5, 5.41) is 11.6. The number of carbonyl (C=O) groups is 2. The first kappa shape index (κ1) is 16.2. The monoisotopic (exact) mass is 311 g/mol. The van der Waals surface area contributed by atoms with Gasteiger partial charge in [-0.3, -0.25) is 4.79 Å². The summed E-state index contributed by atoms with van der Waals surface area (Å²) >= 11 is 0. The van der Waals surface area contributed by atoms with Crippen LogP contribution in [0.3, 0.4) is 0 Å². The smallest absolute Gasteiger partial charge is 0.326 e. The van der Waals surface area contributed by atoms with Crippen LogP contribution >= 0.6 is 0 Å². The summed E-state index contributed by atoms with van der Waals surface area (Å²) < 4.78 is 23.7. The van der Waals surface area contributed by atoms with Gasteiger partial charge in [-0.05, 0) is 25.0 Å². The Morgan fingerprint density at radius 2 is 2.23 bits per heavy atom. The van der Waals surface area contributed by atoms with Crippen LogP contribution in [0.1, 0.15) is 12.8 Å². The Bertz CT molecular complexity index is 530. The topological polar surface area (TPSA) is 84.9 Å². The molecule has 0 bridgehead atoms. The number of amides is 1. The Morgan fingerprint density at radius 3 is 2.86 bits per heavy atom. The van der Waals surface area contributed by atoms with Crippen molar-refractivity contribution in [1.82, 2.24) is 5.32 Å². The highest BCUT2D eigenvalue weighted by Crippen LogP contribution is 2.18. The number of ether oxygens (including phenoxy) is 2. The summed E-state index contributed by atoms with van der Waals surface area (Å²) in [6, 6.07) is 4.66. The van der Waals surface area contributed by atoms with Gasteiger partial charge in [0.25, 0.3) is 5.91 Å². The zero-order chi connectivity index (χ0) is 15.9. The average Bonchev–Trinajstić information content (AvgIpc) is 2.52. The van der Waals surface area contributed by atoms with Gasteiger partial charge >= 0.3 is 5.97 Å². The Kier molecular flexibility index (Phi) is 5.71. The Labute approximate surface area is 127 Å². The van der Waals surface area contributed by atoms with Crippen molar-refractivity contribution in [2.45, 2.75) is 18.9 Å². The van der Waals surface area contributed by atoms with Crippen molar-refractivity contribution < 1.29 is 28.6 Å². The largest absolute Gasteiger partial charge is 0.481 e. The zero-order valence-corrected chi connectivity index (χ0v) is 12.0. The molecule has 1 amide bonds. The summed E-state index contributed by atoms with van der Waals surface area (Å²) in [4.78, 5) is 23.1. The highest BCUT2D eigenvalue weighted by molar-refractivity contribution is 5.84. The SMILES string of the molecule is O=C(COc1ccccc1F)NC(C(=O)O)C1CCCOC1. The van der Waals surface area contributed by atoms with Crippen molar-refractivity contribution in [1.29, 1.82) is 0 Å². The molecule has 1 saturated heterocycles. The summed E-state index contributed by atoms with van der Waals surface area (Å²) in [6.45, 7) is 0.455. The van der Waals surface area contributed by atoms with Crippen molar-refractivity contribution in [2.24, 2.45) is 5.92 Å². The van der Waals surface area contributed by atoms with E-state index >= 15 is 0 Å². The molecule has 120 valence electrons. The van der Waals surface area contributed by atoms with Gasteiger partial charge < -0.3 is 19.9 Å². The molecule has 2 N–H and O–H groups in total. The molecular weight excluding hydrogens is 293 g/mol. The molecule has 1 aromatic rings. The first-order valence-electron chi connectivity index (χ1n) is 7.05.